The van der Waals surface area contributed by atoms with Gasteiger partial charge < -0.3 is 19.1 Å². The van der Waals surface area contributed by atoms with Crippen LogP contribution in [0.4, 0.5) is 0 Å². The standard InChI is InChI=1S/C29H33N3O5S/c1-35-24-7-4-6-23(18-24)26(37-20-21-9-11-22(12-10-21)29(34)36-2)19-31-14-16-32(17-15-31)28(33)25-8-5-13-30-27(25)38-3/h4-13,18,26H,14-17,19-20H2,1-3H3/t26-/m0/s1. The Hall–Kier alpha value is -3.40. The number of carbonyl (C=O) groups excluding carboxylic acids is 2. The maximum Gasteiger partial charge on any atom is 0.337 e. The maximum absolute atomic E-state index is 13.1. The molecule has 0 radical (unpaired) electrons. The van der Waals surface area contributed by atoms with E-state index in [-0.39, 0.29) is 18.0 Å². The van der Waals surface area contributed by atoms with Gasteiger partial charge in [0.2, 0.25) is 0 Å². The topological polar surface area (TPSA) is 81.2 Å². The molecule has 1 aliphatic rings. The molecule has 0 unspecified atom stereocenters. The van der Waals surface area contributed by atoms with Crippen LogP contribution in [0.15, 0.2) is 71.9 Å². The fourth-order valence-corrected chi connectivity index (χ4v) is 4.94. The van der Waals surface area contributed by atoms with Crippen LogP contribution in [-0.2, 0) is 16.1 Å². The number of aromatic nitrogens is 1. The van der Waals surface area contributed by atoms with Crippen LogP contribution in [0, 0.1) is 0 Å². The van der Waals surface area contributed by atoms with E-state index in [1.165, 1.54) is 18.9 Å². The van der Waals surface area contributed by atoms with Gasteiger partial charge in [0.15, 0.2) is 0 Å². The summed E-state index contributed by atoms with van der Waals surface area (Å²) >= 11 is 1.49. The lowest BCUT2D eigenvalue weighted by molar-refractivity contribution is 0.00327. The molecule has 0 N–H and O–H groups in total. The maximum atomic E-state index is 13.1. The minimum absolute atomic E-state index is 0.0260. The number of pyridine rings is 1. The van der Waals surface area contributed by atoms with Crippen LogP contribution in [0.5, 0.6) is 5.75 Å². The quantitative estimate of drug-likeness (QED) is 0.281. The number of hydrogen-bond acceptors (Lipinski definition) is 8. The molecule has 0 aliphatic carbocycles. The minimum Gasteiger partial charge on any atom is -0.497 e. The highest BCUT2D eigenvalue weighted by Crippen LogP contribution is 2.26. The van der Waals surface area contributed by atoms with Crippen molar-refractivity contribution in [3.05, 3.63) is 89.1 Å². The highest BCUT2D eigenvalue weighted by molar-refractivity contribution is 7.98. The van der Waals surface area contributed by atoms with E-state index in [1.54, 1.807) is 25.4 Å². The predicted octanol–water partition coefficient (Wildman–Crippen LogP) is 4.31. The van der Waals surface area contributed by atoms with Gasteiger partial charge in [-0.05, 0) is 53.8 Å². The Balaban J connectivity index is 1.41. The summed E-state index contributed by atoms with van der Waals surface area (Å²) in [6.45, 7) is 3.85. The van der Waals surface area contributed by atoms with Crippen molar-refractivity contribution >= 4 is 23.6 Å². The highest BCUT2D eigenvalue weighted by atomic mass is 32.2. The Morgan fingerprint density at radius 3 is 2.45 bits per heavy atom. The van der Waals surface area contributed by atoms with Crippen LogP contribution in [0.1, 0.15) is 37.9 Å². The van der Waals surface area contributed by atoms with Crippen LogP contribution in [0.2, 0.25) is 0 Å². The first-order chi connectivity index (χ1) is 18.5. The average molecular weight is 536 g/mol. The van der Waals surface area contributed by atoms with Gasteiger partial charge in [-0.3, -0.25) is 9.69 Å². The third-order valence-corrected chi connectivity index (χ3v) is 7.28. The molecule has 200 valence electrons. The Bertz CT molecular complexity index is 1230. The van der Waals surface area contributed by atoms with E-state index in [1.807, 2.05) is 59.7 Å². The summed E-state index contributed by atoms with van der Waals surface area (Å²) in [7, 11) is 3.02. The largest absolute Gasteiger partial charge is 0.497 e. The zero-order valence-electron chi connectivity index (χ0n) is 22.0. The van der Waals surface area contributed by atoms with E-state index in [4.69, 9.17) is 14.2 Å². The van der Waals surface area contributed by atoms with Crippen LogP contribution in [0.25, 0.3) is 0 Å². The van der Waals surface area contributed by atoms with Gasteiger partial charge in [-0.2, -0.15) is 0 Å². The van der Waals surface area contributed by atoms with Gasteiger partial charge >= 0.3 is 5.97 Å². The van der Waals surface area contributed by atoms with Gasteiger partial charge in [0.05, 0.1) is 38.1 Å². The number of carbonyl (C=O) groups is 2. The van der Waals surface area contributed by atoms with Crippen molar-refractivity contribution in [2.75, 3.05) is 53.2 Å². The highest BCUT2D eigenvalue weighted by Gasteiger charge is 2.26. The van der Waals surface area contributed by atoms with E-state index in [0.29, 0.717) is 37.4 Å². The molecule has 1 aromatic heterocycles. The number of methoxy groups -OCH3 is 2. The fraction of sp³-hybridized carbons (Fsp3) is 0.345. The van der Waals surface area contributed by atoms with Crippen molar-refractivity contribution in [3.63, 3.8) is 0 Å². The second kappa shape index (κ2) is 13.4. The molecule has 3 aromatic rings. The van der Waals surface area contributed by atoms with E-state index in [2.05, 4.69) is 9.88 Å². The van der Waals surface area contributed by atoms with Crippen LogP contribution < -0.4 is 4.74 Å². The molecule has 8 nitrogen and oxygen atoms in total. The van der Waals surface area contributed by atoms with E-state index >= 15 is 0 Å². The Morgan fingerprint density at radius 1 is 1.00 bits per heavy atom. The van der Waals surface area contributed by atoms with Crippen LogP contribution >= 0.6 is 11.8 Å². The Labute approximate surface area is 227 Å². The van der Waals surface area contributed by atoms with Gasteiger partial charge in [0.25, 0.3) is 5.91 Å². The number of benzene rings is 2. The third kappa shape index (κ3) is 6.92. The molecule has 9 heteroatoms. The molecule has 0 saturated carbocycles. The van der Waals surface area contributed by atoms with Crippen LogP contribution in [0.3, 0.4) is 0 Å². The number of hydrogen-bond donors (Lipinski definition) is 0. The Kier molecular flexibility index (Phi) is 9.75. The van der Waals surface area contributed by atoms with Crippen molar-refractivity contribution in [1.82, 2.24) is 14.8 Å². The van der Waals surface area contributed by atoms with E-state index in [0.717, 1.165) is 35.0 Å². The van der Waals surface area contributed by atoms with Crippen molar-refractivity contribution in [2.24, 2.45) is 0 Å². The zero-order valence-corrected chi connectivity index (χ0v) is 22.8. The van der Waals surface area contributed by atoms with E-state index in [9.17, 15) is 9.59 Å². The van der Waals surface area contributed by atoms with Crippen LogP contribution in [-0.4, -0.2) is 79.9 Å². The van der Waals surface area contributed by atoms with Gasteiger partial charge in [-0.1, -0.05) is 24.3 Å². The second-order valence-corrected chi connectivity index (χ2v) is 9.71. The lowest BCUT2D eigenvalue weighted by atomic mass is 10.1. The van der Waals surface area contributed by atoms with E-state index < -0.39 is 0 Å². The van der Waals surface area contributed by atoms with Gasteiger partial charge in [0, 0.05) is 38.9 Å². The summed E-state index contributed by atoms with van der Waals surface area (Å²) in [6.07, 6.45) is 3.45. The molecule has 1 aliphatic heterocycles. The summed E-state index contributed by atoms with van der Waals surface area (Å²) in [5, 5.41) is 0.756. The first-order valence-electron chi connectivity index (χ1n) is 12.5. The van der Waals surface area contributed by atoms with Gasteiger partial charge in [-0.15, -0.1) is 11.8 Å². The van der Waals surface area contributed by atoms with Crippen molar-refractivity contribution in [3.8, 4) is 5.75 Å². The number of thioether (sulfide) groups is 1. The van der Waals surface area contributed by atoms with Gasteiger partial charge in [-0.25, -0.2) is 9.78 Å². The lowest BCUT2D eigenvalue weighted by Gasteiger charge is -2.36. The summed E-state index contributed by atoms with van der Waals surface area (Å²) < 4.78 is 16.6. The molecule has 1 amide bonds. The Morgan fingerprint density at radius 2 is 1.76 bits per heavy atom. The molecule has 2 heterocycles. The van der Waals surface area contributed by atoms with Crippen molar-refractivity contribution in [1.29, 1.82) is 0 Å². The monoisotopic (exact) mass is 535 g/mol. The molecule has 38 heavy (non-hydrogen) atoms. The number of nitrogens with zero attached hydrogens (tertiary/aromatic N) is 3. The lowest BCUT2D eigenvalue weighted by Crippen LogP contribution is -2.49. The molecule has 0 spiro atoms. The number of rotatable bonds is 10. The third-order valence-electron chi connectivity index (χ3n) is 6.57. The summed E-state index contributed by atoms with van der Waals surface area (Å²) in [5.74, 6) is 0.436. The molecule has 1 saturated heterocycles. The second-order valence-electron chi connectivity index (χ2n) is 8.92. The molecular weight excluding hydrogens is 502 g/mol. The fourth-order valence-electron chi connectivity index (χ4n) is 4.40. The molecule has 4 rings (SSSR count). The number of esters is 1. The molecule has 0 bridgehead atoms. The van der Waals surface area contributed by atoms with Crippen molar-refractivity contribution < 1.29 is 23.8 Å². The average Bonchev–Trinajstić information content (AvgIpc) is 2.99. The molecule has 1 atom stereocenters. The minimum atomic E-state index is -0.363. The number of ether oxygens (including phenoxy) is 3. The predicted molar refractivity (Wildman–Crippen MR) is 147 cm³/mol. The molecule has 2 aromatic carbocycles. The SMILES string of the molecule is COC(=O)c1ccc(CO[C@@H](CN2CCN(C(=O)c3cccnc3SC)CC2)c2cccc(OC)c2)cc1. The smallest absolute Gasteiger partial charge is 0.337 e. The van der Waals surface area contributed by atoms with Gasteiger partial charge in [0.1, 0.15) is 10.8 Å². The van der Waals surface area contributed by atoms with Crippen molar-refractivity contribution in [2.45, 2.75) is 17.7 Å². The summed E-state index contributed by atoms with van der Waals surface area (Å²) in [4.78, 5) is 33.4. The normalized spacial score (nSPS) is 14.7. The summed E-state index contributed by atoms with van der Waals surface area (Å²) in [5.41, 5.74) is 3.14. The first-order valence-corrected chi connectivity index (χ1v) is 13.7. The number of piperazine rings is 1. The molecular formula is C29H33N3O5S. The zero-order chi connectivity index (χ0) is 26.9. The number of amides is 1. The molecule has 1 fully saturated rings. The first kappa shape index (κ1) is 27.6. The summed E-state index contributed by atoms with van der Waals surface area (Å²) in [6, 6.07) is 18.8.